The molecule has 0 bridgehead atoms. The number of benzene rings is 1. The summed E-state index contributed by atoms with van der Waals surface area (Å²) in [7, 11) is 0. The van der Waals surface area contributed by atoms with Gasteiger partial charge in [-0.1, -0.05) is 0 Å². The van der Waals surface area contributed by atoms with Crippen molar-refractivity contribution < 1.29 is 5.21 Å². The molecule has 2 N–H and O–H groups in total. The van der Waals surface area contributed by atoms with E-state index in [9.17, 15) is 5.21 Å². The van der Waals surface area contributed by atoms with E-state index in [0.29, 0.717) is 5.69 Å². The second-order valence-corrected chi connectivity index (χ2v) is 3.98. The van der Waals surface area contributed by atoms with Crippen LogP contribution in [0.2, 0.25) is 0 Å². The van der Waals surface area contributed by atoms with Crippen LogP contribution < -0.4 is 15.4 Å². The van der Waals surface area contributed by atoms with E-state index >= 15 is 0 Å². The van der Waals surface area contributed by atoms with Gasteiger partial charge in [-0.15, -0.1) is 0 Å². The summed E-state index contributed by atoms with van der Waals surface area (Å²) in [6.07, 6.45) is 0. The van der Waals surface area contributed by atoms with Crippen molar-refractivity contribution in [3.8, 4) is 0 Å². The van der Waals surface area contributed by atoms with Crippen LogP contribution in [-0.2, 0) is 0 Å². The molecule has 1 aromatic carbocycles. The lowest BCUT2D eigenvalue weighted by Crippen LogP contribution is -2.43. The molecule has 5 nitrogen and oxygen atoms in total. The van der Waals surface area contributed by atoms with Crippen LogP contribution in [0.3, 0.4) is 0 Å². The van der Waals surface area contributed by atoms with E-state index in [-0.39, 0.29) is 5.23 Å². The minimum absolute atomic E-state index is 0.0864. The summed E-state index contributed by atoms with van der Waals surface area (Å²) in [4.78, 5) is 2.26. The van der Waals surface area contributed by atoms with Gasteiger partial charge in [0, 0.05) is 31.9 Å². The molecule has 1 fully saturated rings. The maximum Gasteiger partial charge on any atom is 0.0539 e. The summed E-state index contributed by atoms with van der Waals surface area (Å²) in [5.74, 6) is 0. The van der Waals surface area contributed by atoms with E-state index in [1.807, 2.05) is 19.1 Å². The fourth-order valence-electron chi connectivity index (χ4n) is 1.97. The van der Waals surface area contributed by atoms with Gasteiger partial charge in [0.25, 0.3) is 0 Å². The lowest BCUT2D eigenvalue weighted by molar-refractivity contribution is 0.296. The zero-order valence-corrected chi connectivity index (χ0v) is 9.31. The van der Waals surface area contributed by atoms with Crippen LogP contribution in [0, 0.1) is 12.1 Å². The first-order valence-electron chi connectivity index (χ1n) is 5.41. The molecular formula is C11H16N3O2-. The minimum Gasteiger partial charge on any atom is -0.733 e. The third kappa shape index (κ3) is 2.27. The van der Waals surface area contributed by atoms with Gasteiger partial charge in [-0.25, -0.2) is 0 Å². The molecule has 0 aromatic heterocycles. The predicted octanol–water partition coefficient (Wildman–Crippen LogP) is 1.10. The summed E-state index contributed by atoms with van der Waals surface area (Å²) in [6, 6.07) is 5.45. The molecule has 0 saturated carbocycles. The van der Waals surface area contributed by atoms with Crippen molar-refractivity contribution >= 4 is 11.4 Å². The van der Waals surface area contributed by atoms with Gasteiger partial charge in [0.2, 0.25) is 0 Å². The molecule has 0 atom stereocenters. The number of hydrogen-bond donors (Lipinski definition) is 2. The number of hydrogen-bond acceptors (Lipinski definition) is 5. The Kier molecular flexibility index (Phi) is 3.28. The number of aryl methyl sites for hydroxylation is 1. The topological polar surface area (TPSA) is 61.8 Å². The average molecular weight is 222 g/mol. The van der Waals surface area contributed by atoms with Gasteiger partial charge >= 0.3 is 0 Å². The lowest BCUT2D eigenvalue weighted by Gasteiger charge is -2.31. The van der Waals surface area contributed by atoms with Gasteiger partial charge in [0.15, 0.2) is 0 Å². The highest BCUT2D eigenvalue weighted by molar-refractivity contribution is 5.60. The monoisotopic (exact) mass is 222 g/mol. The maximum atomic E-state index is 10.8. The Bertz CT molecular complexity index is 362. The summed E-state index contributed by atoms with van der Waals surface area (Å²) < 4.78 is 0. The van der Waals surface area contributed by atoms with Gasteiger partial charge < -0.3 is 20.7 Å². The molecule has 88 valence electrons. The first-order chi connectivity index (χ1) is 7.68. The number of rotatable bonds is 2. The van der Waals surface area contributed by atoms with Crippen LogP contribution in [0.25, 0.3) is 0 Å². The molecular weight excluding hydrogens is 206 g/mol. The Balaban J connectivity index is 2.19. The fourth-order valence-corrected chi connectivity index (χ4v) is 1.97. The summed E-state index contributed by atoms with van der Waals surface area (Å²) in [5.41, 5.74) is 2.19. The molecule has 1 aliphatic heterocycles. The van der Waals surface area contributed by atoms with Crippen molar-refractivity contribution in [2.24, 2.45) is 0 Å². The van der Waals surface area contributed by atoms with Crippen molar-refractivity contribution in [1.29, 1.82) is 0 Å². The molecule has 1 saturated heterocycles. The summed E-state index contributed by atoms with van der Waals surface area (Å²) in [5, 5.41) is 22.9. The SMILES string of the molecule is Cc1cc(N2CCNCC2)ccc1N([O-])O. The Morgan fingerprint density at radius 3 is 2.62 bits per heavy atom. The standard InChI is InChI=1S/C11H16N3O2/c1-9-8-10(2-3-11(9)14(15)16)13-6-4-12-5-7-13/h2-3,8,12,15H,4-7H2,1H3/q-1. The summed E-state index contributed by atoms with van der Waals surface area (Å²) >= 11 is 0. The predicted molar refractivity (Wildman–Crippen MR) is 63.9 cm³/mol. The zero-order chi connectivity index (χ0) is 11.5. The highest BCUT2D eigenvalue weighted by atomic mass is 16.8. The molecule has 1 heterocycles. The van der Waals surface area contributed by atoms with Crippen LogP contribution >= 0.6 is 0 Å². The first-order valence-corrected chi connectivity index (χ1v) is 5.41. The molecule has 5 heteroatoms. The molecule has 0 aliphatic carbocycles. The largest absolute Gasteiger partial charge is 0.733 e. The number of anilines is 2. The quantitative estimate of drug-likeness (QED) is 0.734. The highest BCUT2D eigenvalue weighted by Crippen LogP contribution is 2.24. The maximum absolute atomic E-state index is 10.8. The number of piperazine rings is 1. The van der Waals surface area contributed by atoms with E-state index in [1.165, 1.54) is 0 Å². The fraction of sp³-hybridized carbons (Fsp3) is 0.455. The van der Waals surface area contributed by atoms with Gasteiger partial charge in [0.05, 0.1) is 5.69 Å². The van der Waals surface area contributed by atoms with Crippen molar-refractivity contribution in [1.82, 2.24) is 5.32 Å². The second kappa shape index (κ2) is 4.69. The van der Waals surface area contributed by atoms with E-state index in [1.54, 1.807) is 6.07 Å². The van der Waals surface area contributed by atoms with E-state index in [2.05, 4.69) is 10.2 Å². The Hall–Kier alpha value is -1.30. The van der Waals surface area contributed by atoms with Crippen LogP contribution in [-0.4, -0.2) is 31.4 Å². The molecule has 16 heavy (non-hydrogen) atoms. The van der Waals surface area contributed by atoms with Gasteiger partial charge in [-0.3, -0.25) is 5.21 Å². The van der Waals surface area contributed by atoms with Gasteiger partial charge in [-0.2, -0.15) is 0 Å². The van der Waals surface area contributed by atoms with Crippen LogP contribution in [0.5, 0.6) is 0 Å². The van der Waals surface area contributed by atoms with Crippen LogP contribution in [0.15, 0.2) is 18.2 Å². The van der Waals surface area contributed by atoms with Gasteiger partial charge in [-0.05, 0) is 30.7 Å². The van der Waals surface area contributed by atoms with Gasteiger partial charge in [0.1, 0.15) is 0 Å². The number of nitrogens with zero attached hydrogens (tertiary/aromatic N) is 2. The zero-order valence-electron chi connectivity index (χ0n) is 9.31. The van der Waals surface area contributed by atoms with Crippen molar-refractivity contribution in [3.05, 3.63) is 29.0 Å². The minimum atomic E-state index is -0.0864. The second-order valence-electron chi connectivity index (χ2n) is 3.98. The van der Waals surface area contributed by atoms with Crippen LogP contribution in [0.4, 0.5) is 11.4 Å². The molecule has 1 aliphatic rings. The third-order valence-corrected chi connectivity index (χ3v) is 2.87. The molecule has 0 radical (unpaired) electrons. The Morgan fingerprint density at radius 1 is 1.38 bits per heavy atom. The first kappa shape index (κ1) is 11.2. The summed E-state index contributed by atoms with van der Waals surface area (Å²) in [6.45, 7) is 5.73. The molecule has 0 unspecified atom stereocenters. The van der Waals surface area contributed by atoms with Crippen molar-refractivity contribution in [2.75, 3.05) is 36.3 Å². The average Bonchev–Trinajstić information content (AvgIpc) is 2.29. The van der Waals surface area contributed by atoms with E-state index in [0.717, 1.165) is 37.4 Å². The third-order valence-electron chi connectivity index (χ3n) is 2.87. The molecule has 0 amide bonds. The number of nitrogens with one attached hydrogen (secondary N) is 1. The van der Waals surface area contributed by atoms with Crippen molar-refractivity contribution in [2.45, 2.75) is 6.92 Å². The lowest BCUT2D eigenvalue weighted by atomic mass is 10.1. The molecule has 1 aromatic rings. The molecule has 0 spiro atoms. The van der Waals surface area contributed by atoms with E-state index in [4.69, 9.17) is 5.21 Å². The van der Waals surface area contributed by atoms with Crippen LogP contribution in [0.1, 0.15) is 5.56 Å². The smallest absolute Gasteiger partial charge is 0.0539 e. The Morgan fingerprint density at radius 2 is 2.06 bits per heavy atom. The molecule has 2 rings (SSSR count). The van der Waals surface area contributed by atoms with E-state index < -0.39 is 0 Å². The van der Waals surface area contributed by atoms with Crippen molar-refractivity contribution in [3.63, 3.8) is 0 Å². The Labute approximate surface area is 94.8 Å². The highest BCUT2D eigenvalue weighted by Gasteiger charge is 2.11. The normalized spacial score (nSPS) is 16.3.